The summed E-state index contributed by atoms with van der Waals surface area (Å²) in [5.41, 5.74) is 4.74. The highest BCUT2D eigenvalue weighted by molar-refractivity contribution is 5.70. The van der Waals surface area contributed by atoms with E-state index in [0.717, 1.165) is 35.7 Å². The molecule has 0 aliphatic heterocycles. The number of aryl methyl sites for hydroxylation is 2. The van der Waals surface area contributed by atoms with E-state index in [1.54, 1.807) is 14.2 Å². The van der Waals surface area contributed by atoms with Crippen LogP contribution in [-0.4, -0.2) is 14.2 Å². The Morgan fingerprint density at radius 1 is 0.447 bits per heavy atom. The van der Waals surface area contributed by atoms with Crippen molar-refractivity contribution in [2.24, 2.45) is 0 Å². The molecule has 2 heterocycles. The molecule has 0 spiro atoms. The number of nitrogens with zero attached hydrogens (tertiary/aromatic N) is 2. The van der Waals surface area contributed by atoms with Crippen LogP contribution in [0.4, 0.5) is 0 Å². The van der Waals surface area contributed by atoms with E-state index < -0.39 is 0 Å². The first kappa shape index (κ1) is 26.9. The minimum absolute atomic E-state index is 0.880. The second-order valence-corrected chi connectivity index (χ2v) is 9.37. The Kier molecular flexibility index (Phi) is 10.3. The second-order valence-electron chi connectivity index (χ2n) is 9.37. The summed E-state index contributed by atoms with van der Waals surface area (Å²) < 4.78 is 15.0. The molecule has 2 aromatic heterocycles. The summed E-state index contributed by atoms with van der Waals surface area (Å²) >= 11 is 0. The predicted octanol–water partition coefficient (Wildman–Crippen LogP) is 6.88. The van der Waals surface area contributed by atoms with Crippen LogP contribution in [0.2, 0.25) is 0 Å². The van der Waals surface area contributed by atoms with Crippen molar-refractivity contribution in [3.8, 4) is 11.5 Å². The molecule has 0 saturated heterocycles. The van der Waals surface area contributed by atoms with Gasteiger partial charge in [-0.2, -0.15) is 0 Å². The highest BCUT2D eigenvalue weighted by atomic mass is 16.5. The maximum absolute atomic E-state index is 5.21. The molecule has 194 valence electrons. The molecule has 0 radical (unpaired) electrons. The monoisotopic (exact) mass is 506 g/mol. The Labute approximate surface area is 227 Å². The van der Waals surface area contributed by atoms with Gasteiger partial charge in [-0.05, 0) is 59.4 Å². The molecule has 0 amide bonds. The maximum Gasteiger partial charge on any atom is 0.169 e. The molecule has 0 aliphatic carbocycles. The topological polar surface area (TPSA) is 26.2 Å². The standard InChI is InChI=1S/C34H38N2O2/c1-37-33-15-11-29(12-16-33)7-9-31-19-25-35(26-20-31)23-5-3-4-6-24-36-27-21-32(22-28-36)10-8-30-13-17-34(38-2)18-14-30/h7-22,25-28H,3-6,23-24H2,1-2H3/q+2/b9-7+,10-8+. The first-order chi connectivity index (χ1) is 18.7. The van der Waals surface area contributed by atoms with Crippen molar-refractivity contribution >= 4 is 24.3 Å². The van der Waals surface area contributed by atoms with Gasteiger partial charge < -0.3 is 9.47 Å². The summed E-state index contributed by atoms with van der Waals surface area (Å²) in [5.74, 6) is 1.76. The van der Waals surface area contributed by atoms with Gasteiger partial charge in [-0.15, -0.1) is 0 Å². The number of hydrogen-bond donors (Lipinski definition) is 0. The first-order valence-corrected chi connectivity index (χ1v) is 13.3. The Morgan fingerprint density at radius 2 is 0.763 bits per heavy atom. The van der Waals surface area contributed by atoms with Crippen LogP contribution >= 0.6 is 0 Å². The van der Waals surface area contributed by atoms with Crippen LogP contribution in [0.1, 0.15) is 47.9 Å². The summed E-state index contributed by atoms with van der Waals surface area (Å²) in [6, 6.07) is 24.9. The quantitative estimate of drug-likeness (QED) is 0.146. The molecule has 38 heavy (non-hydrogen) atoms. The third-order valence-corrected chi connectivity index (χ3v) is 6.58. The van der Waals surface area contributed by atoms with Crippen molar-refractivity contribution in [1.82, 2.24) is 0 Å². The van der Waals surface area contributed by atoms with Gasteiger partial charge in [-0.1, -0.05) is 48.6 Å². The highest BCUT2D eigenvalue weighted by Crippen LogP contribution is 2.15. The van der Waals surface area contributed by atoms with Crippen molar-refractivity contribution in [2.45, 2.75) is 38.8 Å². The van der Waals surface area contributed by atoms with Crippen LogP contribution < -0.4 is 18.6 Å². The molecule has 2 aromatic carbocycles. The number of rotatable bonds is 13. The van der Waals surface area contributed by atoms with E-state index in [9.17, 15) is 0 Å². The van der Waals surface area contributed by atoms with E-state index in [0.29, 0.717) is 0 Å². The van der Waals surface area contributed by atoms with Gasteiger partial charge >= 0.3 is 0 Å². The second kappa shape index (κ2) is 14.5. The normalized spacial score (nSPS) is 11.3. The SMILES string of the molecule is COc1ccc(/C=C/c2cc[n+](CCCCCC[n+]3ccc(/C=C/c4ccc(OC)cc4)cc3)cc2)cc1. The number of pyridine rings is 2. The largest absolute Gasteiger partial charge is 0.497 e. The molecule has 4 rings (SSSR count). The van der Waals surface area contributed by atoms with Crippen LogP contribution in [0.25, 0.3) is 24.3 Å². The van der Waals surface area contributed by atoms with Crippen molar-refractivity contribution in [3.05, 3.63) is 120 Å². The van der Waals surface area contributed by atoms with Crippen molar-refractivity contribution in [1.29, 1.82) is 0 Å². The lowest BCUT2D eigenvalue weighted by Crippen LogP contribution is -2.33. The molecule has 4 heteroatoms. The Bertz CT molecular complexity index is 1190. The van der Waals surface area contributed by atoms with E-state index >= 15 is 0 Å². The fraction of sp³-hybridized carbons (Fsp3) is 0.235. The molecule has 0 bridgehead atoms. The number of hydrogen-bond acceptors (Lipinski definition) is 2. The zero-order chi connectivity index (χ0) is 26.4. The van der Waals surface area contributed by atoms with Crippen LogP contribution in [0.15, 0.2) is 97.6 Å². The maximum atomic E-state index is 5.21. The average Bonchev–Trinajstić information content (AvgIpc) is 2.98. The fourth-order valence-electron chi connectivity index (χ4n) is 4.22. The van der Waals surface area contributed by atoms with Crippen molar-refractivity contribution < 1.29 is 18.6 Å². The van der Waals surface area contributed by atoms with Crippen LogP contribution in [0.3, 0.4) is 0 Å². The number of benzene rings is 2. The van der Waals surface area contributed by atoms with E-state index in [-0.39, 0.29) is 0 Å². The molecule has 0 unspecified atom stereocenters. The van der Waals surface area contributed by atoms with Gasteiger partial charge in [0.15, 0.2) is 24.8 Å². The number of ether oxygens (including phenoxy) is 2. The van der Waals surface area contributed by atoms with Crippen LogP contribution in [0, 0.1) is 0 Å². The summed E-state index contributed by atoms with van der Waals surface area (Å²) in [5, 5.41) is 0. The summed E-state index contributed by atoms with van der Waals surface area (Å²) in [7, 11) is 3.38. The molecule has 0 N–H and O–H groups in total. The molecule has 0 saturated carbocycles. The Morgan fingerprint density at radius 3 is 1.08 bits per heavy atom. The highest BCUT2D eigenvalue weighted by Gasteiger charge is 2.03. The van der Waals surface area contributed by atoms with E-state index in [1.807, 2.05) is 24.3 Å². The summed E-state index contributed by atoms with van der Waals surface area (Å²) in [6.07, 6.45) is 22.1. The van der Waals surface area contributed by atoms with E-state index in [1.165, 1.54) is 36.8 Å². The molecule has 4 nitrogen and oxygen atoms in total. The molecule has 0 atom stereocenters. The number of aromatic nitrogens is 2. The average molecular weight is 507 g/mol. The molecule has 4 aromatic rings. The zero-order valence-corrected chi connectivity index (χ0v) is 22.5. The van der Waals surface area contributed by atoms with Crippen molar-refractivity contribution in [3.63, 3.8) is 0 Å². The van der Waals surface area contributed by atoms with Crippen LogP contribution in [0.5, 0.6) is 11.5 Å². The van der Waals surface area contributed by atoms with E-state index in [4.69, 9.17) is 9.47 Å². The van der Waals surface area contributed by atoms with Gasteiger partial charge in [0, 0.05) is 37.1 Å². The predicted molar refractivity (Wildman–Crippen MR) is 156 cm³/mol. The molecule has 0 fully saturated rings. The molecule has 0 aliphatic rings. The minimum Gasteiger partial charge on any atom is -0.497 e. The Balaban J connectivity index is 1.11. The van der Waals surface area contributed by atoms with Gasteiger partial charge in [0.05, 0.1) is 14.2 Å². The summed E-state index contributed by atoms with van der Waals surface area (Å²) in [4.78, 5) is 0. The zero-order valence-electron chi connectivity index (χ0n) is 22.5. The van der Waals surface area contributed by atoms with Gasteiger partial charge in [0.25, 0.3) is 0 Å². The van der Waals surface area contributed by atoms with Crippen molar-refractivity contribution in [2.75, 3.05) is 14.2 Å². The smallest absolute Gasteiger partial charge is 0.169 e. The Hall–Kier alpha value is -4.18. The van der Waals surface area contributed by atoms with E-state index in [2.05, 4.69) is 107 Å². The first-order valence-electron chi connectivity index (χ1n) is 13.3. The number of unbranched alkanes of at least 4 members (excludes halogenated alkanes) is 3. The summed E-state index contributed by atoms with van der Waals surface area (Å²) in [6.45, 7) is 2.12. The van der Waals surface area contributed by atoms with Gasteiger partial charge in [-0.25, -0.2) is 9.13 Å². The van der Waals surface area contributed by atoms with Gasteiger partial charge in [0.2, 0.25) is 0 Å². The molecular formula is C34H38N2O2+2. The fourth-order valence-corrected chi connectivity index (χ4v) is 4.22. The molecular weight excluding hydrogens is 468 g/mol. The third kappa shape index (κ3) is 8.74. The van der Waals surface area contributed by atoms with Gasteiger partial charge in [0.1, 0.15) is 24.6 Å². The lowest BCUT2D eigenvalue weighted by Gasteiger charge is -2.01. The van der Waals surface area contributed by atoms with Gasteiger partial charge in [-0.3, -0.25) is 0 Å². The lowest BCUT2D eigenvalue weighted by molar-refractivity contribution is -0.698. The van der Waals surface area contributed by atoms with Crippen LogP contribution in [-0.2, 0) is 13.1 Å². The lowest BCUT2D eigenvalue weighted by atomic mass is 10.1. The number of methoxy groups -OCH3 is 2. The minimum atomic E-state index is 0.880. The third-order valence-electron chi connectivity index (χ3n) is 6.58.